The Morgan fingerprint density at radius 3 is 0.875 bits per heavy atom. The van der Waals surface area contributed by atoms with Crippen LogP contribution >= 0.6 is 0 Å². The number of rotatable bonds is 10. The van der Waals surface area contributed by atoms with E-state index in [-0.39, 0.29) is 21.7 Å². The number of carbonyl (C=O) groups excluding carboxylic acids is 2. The third kappa shape index (κ3) is 10.1. The first-order chi connectivity index (χ1) is 31.1. The van der Waals surface area contributed by atoms with Gasteiger partial charge in [-0.15, -0.1) is 0 Å². The van der Waals surface area contributed by atoms with E-state index in [0.29, 0.717) is 0 Å². The Hall–Kier alpha value is -0.660. The molecule has 0 heterocycles. The molecule has 10 fully saturated rings. The van der Waals surface area contributed by atoms with Gasteiger partial charge in [-0.1, -0.05) is 118 Å². The fraction of sp³-hybridized carbons (Fsp3) is 0.968. The molecule has 0 aromatic rings. The Balaban J connectivity index is 0.000000163. The molecule has 0 aromatic carbocycles. The molecule has 2 heteroatoms. The Kier molecular flexibility index (Phi) is 16.0. The van der Waals surface area contributed by atoms with E-state index in [1.807, 2.05) is 0 Å². The van der Waals surface area contributed by atoms with Crippen LogP contribution in [-0.4, -0.2) is 11.6 Å². The monoisotopic (exact) mass is 881 g/mol. The highest BCUT2D eigenvalue weighted by molar-refractivity contribution is 5.97. The quantitative estimate of drug-likeness (QED) is 0.205. The van der Waals surface area contributed by atoms with E-state index in [1.165, 1.54) is 257 Å². The largest absolute Gasteiger partial charge is 0.298 e. The van der Waals surface area contributed by atoms with E-state index < -0.39 is 0 Å². The van der Waals surface area contributed by atoms with Gasteiger partial charge >= 0.3 is 0 Å². The van der Waals surface area contributed by atoms with Crippen molar-refractivity contribution < 1.29 is 9.59 Å². The van der Waals surface area contributed by atoms with Crippen LogP contribution in [0.4, 0.5) is 0 Å². The lowest BCUT2D eigenvalue weighted by molar-refractivity contribution is -0.170. The molecule has 0 aromatic heterocycles. The number of Topliss-reactive ketones (excluding diaryl/α,β-unsaturated/α-hetero) is 2. The van der Waals surface area contributed by atoms with Crippen LogP contribution in [0, 0.1) is 92.7 Å². The van der Waals surface area contributed by atoms with Gasteiger partial charge in [0.2, 0.25) is 0 Å². The predicted molar refractivity (Wildman–Crippen MR) is 269 cm³/mol. The van der Waals surface area contributed by atoms with Gasteiger partial charge < -0.3 is 0 Å². The van der Waals surface area contributed by atoms with Gasteiger partial charge in [-0.25, -0.2) is 0 Å². The van der Waals surface area contributed by atoms with Crippen LogP contribution in [0.5, 0.6) is 0 Å². The highest BCUT2D eigenvalue weighted by Crippen LogP contribution is 2.67. The summed E-state index contributed by atoms with van der Waals surface area (Å²) in [6, 6.07) is 0. The average Bonchev–Trinajstić information content (AvgIpc) is 3.35. The molecule has 0 aliphatic heterocycles. The van der Waals surface area contributed by atoms with Gasteiger partial charge in [-0.3, -0.25) is 9.59 Å². The maximum absolute atomic E-state index is 13.7. The Morgan fingerprint density at radius 2 is 0.609 bits per heavy atom. The summed E-state index contributed by atoms with van der Waals surface area (Å²) in [5.41, 5.74) is 0.565. The number of ketones is 2. The van der Waals surface area contributed by atoms with Gasteiger partial charge in [0.25, 0.3) is 0 Å². The second kappa shape index (κ2) is 21.1. The lowest BCUT2D eigenvalue weighted by Crippen LogP contribution is -2.60. The maximum Gasteiger partial charge on any atom is 0.145 e. The van der Waals surface area contributed by atoms with Gasteiger partial charge in [0.1, 0.15) is 11.6 Å². The third-order valence-corrected chi connectivity index (χ3v) is 24.0. The highest BCUT2D eigenvalue weighted by Gasteiger charge is 2.65. The molecule has 0 radical (unpaired) electrons. The van der Waals surface area contributed by atoms with Crippen molar-refractivity contribution in [1.82, 2.24) is 0 Å². The SMILES string of the molecule is CCC1CCC(C2CCC3(CC2)CC2(CCC(C4CCC(C)CC4)CC2)C3=O)CC1.CCCCCC1CCC(C2CCC3(CC2)CC2(CCC(C4CCC(CC)CC4)CC2)C3=O)CC1. The van der Waals surface area contributed by atoms with Crippen LogP contribution < -0.4 is 0 Å². The molecule has 4 spiro atoms. The molecule has 364 valence electrons. The van der Waals surface area contributed by atoms with Gasteiger partial charge in [0.15, 0.2) is 0 Å². The fourth-order valence-corrected chi connectivity index (χ4v) is 19.3. The van der Waals surface area contributed by atoms with Crippen molar-refractivity contribution in [3.63, 3.8) is 0 Å². The molecule has 0 amide bonds. The zero-order chi connectivity index (χ0) is 44.4. The number of hydrogen-bond donors (Lipinski definition) is 0. The zero-order valence-corrected chi connectivity index (χ0v) is 43.0. The standard InChI is InChI=1S/C33H56O.C29H48O/c1-3-5-6-7-26-10-14-28(15-11-26)30-18-22-33(23-19-30)24-32(31(33)34)20-16-29(17-21-32)27-12-8-25(4-2)9-13-27;1-3-22-6-10-24(11-7-22)26-14-18-29(19-15-26)20-28(27(29)30)16-12-25(13-17-28)23-8-4-21(2)5-9-23/h25-30H,3-24H2,1-2H3;21-26H,3-20H2,1-2H3. The van der Waals surface area contributed by atoms with Crippen LogP contribution in [0.2, 0.25) is 0 Å². The zero-order valence-electron chi connectivity index (χ0n) is 43.0. The molecule has 10 rings (SSSR count). The first-order valence-electron chi connectivity index (χ1n) is 30.2. The van der Waals surface area contributed by atoms with Crippen LogP contribution in [0.1, 0.15) is 285 Å². The van der Waals surface area contributed by atoms with Crippen molar-refractivity contribution in [3.8, 4) is 0 Å². The minimum atomic E-state index is 0.139. The third-order valence-electron chi connectivity index (χ3n) is 24.0. The lowest BCUT2D eigenvalue weighted by atomic mass is 9.42. The average molecular weight is 882 g/mol. The highest BCUT2D eigenvalue weighted by atomic mass is 16.1. The summed E-state index contributed by atoms with van der Waals surface area (Å²) < 4.78 is 0. The molecule has 10 aliphatic rings. The van der Waals surface area contributed by atoms with Crippen molar-refractivity contribution in [2.75, 3.05) is 0 Å². The minimum Gasteiger partial charge on any atom is -0.298 e. The summed E-state index contributed by atoms with van der Waals surface area (Å²) in [5.74, 6) is 13.2. The van der Waals surface area contributed by atoms with E-state index in [2.05, 4.69) is 27.7 Å². The van der Waals surface area contributed by atoms with Crippen LogP contribution in [0.25, 0.3) is 0 Å². The molecule has 0 saturated heterocycles. The van der Waals surface area contributed by atoms with Crippen LogP contribution in [-0.2, 0) is 9.59 Å². The predicted octanol–water partition coefficient (Wildman–Crippen LogP) is 18.3. The van der Waals surface area contributed by atoms with Crippen molar-refractivity contribution in [3.05, 3.63) is 0 Å². The second-order valence-electron chi connectivity index (χ2n) is 27.2. The molecular weight excluding hydrogens is 777 g/mol. The molecule has 64 heavy (non-hydrogen) atoms. The van der Waals surface area contributed by atoms with Gasteiger partial charge in [0.05, 0.1) is 0 Å². The normalized spacial score (nSPS) is 47.5. The van der Waals surface area contributed by atoms with E-state index in [4.69, 9.17) is 0 Å². The fourth-order valence-electron chi connectivity index (χ4n) is 19.3. The number of hydrogen-bond acceptors (Lipinski definition) is 2. The summed E-state index contributed by atoms with van der Waals surface area (Å²) in [4.78, 5) is 27.3. The van der Waals surface area contributed by atoms with Gasteiger partial charge in [-0.2, -0.15) is 0 Å². The number of unbranched alkanes of at least 4 members (excludes halogenated alkanes) is 2. The topological polar surface area (TPSA) is 34.1 Å². The molecular formula is C62H104O2. The Labute approximate surface area is 396 Å². The van der Waals surface area contributed by atoms with Crippen molar-refractivity contribution >= 4 is 11.6 Å². The van der Waals surface area contributed by atoms with Crippen molar-refractivity contribution in [2.45, 2.75) is 285 Å². The molecule has 10 saturated carbocycles. The Morgan fingerprint density at radius 1 is 0.344 bits per heavy atom. The summed E-state index contributed by atoms with van der Waals surface area (Å²) in [6.07, 6.45) is 55.7. The van der Waals surface area contributed by atoms with E-state index >= 15 is 0 Å². The summed E-state index contributed by atoms with van der Waals surface area (Å²) in [6.45, 7) is 9.51. The molecule has 0 unspecified atom stereocenters. The van der Waals surface area contributed by atoms with Gasteiger partial charge in [-0.05, 0) is 238 Å². The molecule has 10 aliphatic carbocycles. The van der Waals surface area contributed by atoms with Gasteiger partial charge in [0, 0.05) is 21.7 Å². The first kappa shape index (κ1) is 48.4. The minimum absolute atomic E-state index is 0.139. The summed E-state index contributed by atoms with van der Waals surface area (Å²) in [7, 11) is 0. The summed E-state index contributed by atoms with van der Waals surface area (Å²) in [5, 5.41) is 0. The molecule has 0 N–H and O–H groups in total. The molecule has 2 nitrogen and oxygen atoms in total. The van der Waals surface area contributed by atoms with E-state index in [0.717, 1.165) is 82.6 Å². The van der Waals surface area contributed by atoms with Crippen molar-refractivity contribution in [2.24, 2.45) is 92.7 Å². The van der Waals surface area contributed by atoms with E-state index in [9.17, 15) is 9.59 Å². The maximum atomic E-state index is 13.7. The van der Waals surface area contributed by atoms with Crippen LogP contribution in [0.15, 0.2) is 0 Å². The molecule has 0 bridgehead atoms. The Bertz CT molecular complexity index is 1460. The summed E-state index contributed by atoms with van der Waals surface area (Å²) >= 11 is 0. The lowest BCUT2D eigenvalue weighted by Gasteiger charge is -2.60. The second-order valence-corrected chi connectivity index (χ2v) is 27.2. The first-order valence-corrected chi connectivity index (χ1v) is 30.2. The van der Waals surface area contributed by atoms with E-state index in [1.54, 1.807) is 0 Å². The smallest absolute Gasteiger partial charge is 0.145 e. The number of carbonyl (C=O) groups is 2. The van der Waals surface area contributed by atoms with Crippen molar-refractivity contribution in [1.29, 1.82) is 0 Å². The molecule has 0 atom stereocenters. The van der Waals surface area contributed by atoms with Crippen LogP contribution in [0.3, 0.4) is 0 Å².